The Morgan fingerprint density at radius 3 is 2.57 bits per heavy atom. The molecule has 4 aromatic rings. The largest absolute Gasteiger partial charge is 0.381 e. The minimum absolute atomic E-state index is 0.796. The molecule has 1 heterocycles. The van der Waals surface area contributed by atoms with Crippen molar-refractivity contribution < 1.29 is 0 Å². The van der Waals surface area contributed by atoms with Crippen LogP contribution in [-0.2, 0) is 6.54 Å². The maximum Gasteiger partial charge on any atom is 0.100 e. The van der Waals surface area contributed by atoms with Gasteiger partial charge in [-0.05, 0) is 42.0 Å². The summed E-state index contributed by atoms with van der Waals surface area (Å²) in [5.74, 6) is 0. The third-order valence-electron chi connectivity index (χ3n) is 3.91. The molecule has 1 aromatic heterocycles. The maximum absolute atomic E-state index is 4.47. The normalized spacial score (nSPS) is 10.8. The van der Waals surface area contributed by atoms with Crippen LogP contribution >= 0.6 is 0 Å². The van der Waals surface area contributed by atoms with Crippen LogP contribution in [-0.4, -0.2) is 9.55 Å². The first-order valence-electron chi connectivity index (χ1n) is 7.70. The van der Waals surface area contributed by atoms with E-state index in [4.69, 9.17) is 0 Å². The van der Waals surface area contributed by atoms with Crippen molar-refractivity contribution >= 4 is 16.7 Å². The molecule has 0 aliphatic rings. The summed E-state index contributed by atoms with van der Waals surface area (Å²) in [6.45, 7) is 0.796. The summed E-state index contributed by atoms with van der Waals surface area (Å²) >= 11 is 0. The third-order valence-corrected chi connectivity index (χ3v) is 3.91. The van der Waals surface area contributed by atoms with Gasteiger partial charge in [-0.25, -0.2) is 4.98 Å². The van der Waals surface area contributed by atoms with Crippen LogP contribution in [0.25, 0.3) is 16.7 Å². The second-order valence-corrected chi connectivity index (χ2v) is 5.49. The van der Waals surface area contributed by atoms with E-state index in [0.29, 0.717) is 0 Å². The molecule has 23 heavy (non-hydrogen) atoms. The second-order valence-electron chi connectivity index (χ2n) is 5.49. The van der Waals surface area contributed by atoms with E-state index in [1.54, 1.807) is 0 Å². The lowest BCUT2D eigenvalue weighted by Crippen LogP contribution is -2.00. The fraction of sp³-hybridized carbons (Fsp3) is 0.0500. The Morgan fingerprint density at radius 1 is 0.826 bits per heavy atom. The predicted octanol–water partition coefficient (Wildman–Crippen LogP) is 4.64. The zero-order valence-corrected chi connectivity index (χ0v) is 12.7. The van der Waals surface area contributed by atoms with Crippen molar-refractivity contribution in [1.82, 2.24) is 9.55 Å². The van der Waals surface area contributed by atoms with Crippen LogP contribution in [0.4, 0.5) is 5.69 Å². The van der Waals surface area contributed by atoms with Crippen LogP contribution in [0.1, 0.15) is 5.56 Å². The van der Waals surface area contributed by atoms with Crippen LogP contribution < -0.4 is 5.32 Å². The molecule has 0 radical (unpaired) electrons. The van der Waals surface area contributed by atoms with Gasteiger partial charge in [0.05, 0.1) is 11.0 Å². The van der Waals surface area contributed by atoms with E-state index in [1.807, 2.05) is 42.7 Å². The molecule has 0 atom stereocenters. The van der Waals surface area contributed by atoms with Gasteiger partial charge in [-0.3, -0.25) is 4.57 Å². The van der Waals surface area contributed by atoms with Crippen molar-refractivity contribution in [2.75, 3.05) is 5.32 Å². The number of fused-ring (bicyclic) bond motifs is 1. The number of aromatic nitrogens is 2. The second kappa shape index (κ2) is 5.97. The minimum atomic E-state index is 0.796. The molecule has 0 saturated carbocycles. The van der Waals surface area contributed by atoms with Crippen LogP contribution in [0.15, 0.2) is 85.2 Å². The van der Waals surface area contributed by atoms with E-state index < -0.39 is 0 Å². The molecular weight excluding hydrogens is 282 g/mol. The highest BCUT2D eigenvalue weighted by Gasteiger charge is 2.04. The summed E-state index contributed by atoms with van der Waals surface area (Å²) in [5.41, 5.74) is 5.64. The average Bonchev–Trinajstić information content (AvgIpc) is 3.05. The summed E-state index contributed by atoms with van der Waals surface area (Å²) in [4.78, 5) is 4.47. The Morgan fingerprint density at radius 2 is 1.65 bits per heavy atom. The molecule has 3 aromatic carbocycles. The zero-order chi connectivity index (χ0) is 15.5. The molecule has 1 N–H and O–H groups in total. The first-order chi connectivity index (χ1) is 11.4. The van der Waals surface area contributed by atoms with E-state index in [1.165, 1.54) is 5.56 Å². The number of anilines is 1. The van der Waals surface area contributed by atoms with Crippen LogP contribution in [0.3, 0.4) is 0 Å². The molecular formula is C20H17N3. The lowest BCUT2D eigenvalue weighted by Gasteiger charge is -2.09. The van der Waals surface area contributed by atoms with Gasteiger partial charge in [0.25, 0.3) is 0 Å². The fourth-order valence-corrected chi connectivity index (χ4v) is 2.74. The quantitative estimate of drug-likeness (QED) is 0.595. The predicted molar refractivity (Wildman–Crippen MR) is 94.8 cm³/mol. The van der Waals surface area contributed by atoms with E-state index in [9.17, 15) is 0 Å². The van der Waals surface area contributed by atoms with Crippen molar-refractivity contribution in [3.05, 3.63) is 90.8 Å². The molecule has 3 heteroatoms. The highest BCUT2D eigenvalue weighted by atomic mass is 15.0. The molecule has 0 spiro atoms. The molecule has 0 bridgehead atoms. The standard InChI is InChI=1S/C20H17N3/c1-2-8-17(9-3-1)21-14-16-7-6-10-18(13-16)23-15-22-19-11-4-5-12-20(19)23/h1-13,15,21H,14H2. The van der Waals surface area contributed by atoms with Crippen LogP contribution in [0.5, 0.6) is 0 Å². The number of rotatable bonds is 4. The van der Waals surface area contributed by atoms with Gasteiger partial charge in [0.1, 0.15) is 6.33 Å². The zero-order valence-electron chi connectivity index (χ0n) is 12.7. The number of hydrogen-bond acceptors (Lipinski definition) is 2. The molecule has 4 rings (SSSR count). The van der Waals surface area contributed by atoms with Gasteiger partial charge in [0.15, 0.2) is 0 Å². The summed E-state index contributed by atoms with van der Waals surface area (Å²) in [6, 6.07) is 27.0. The summed E-state index contributed by atoms with van der Waals surface area (Å²) < 4.78 is 2.13. The molecule has 0 aliphatic heterocycles. The number of para-hydroxylation sites is 3. The Hall–Kier alpha value is -3.07. The van der Waals surface area contributed by atoms with Crippen LogP contribution in [0, 0.1) is 0 Å². The van der Waals surface area contributed by atoms with Gasteiger partial charge in [0, 0.05) is 17.9 Å². The van der Waals surface area contributed by atoms with Gasteiger partial charge >= 0.3 is 0 Å². The van der Waals surface area contributed by atoms with Crippen LogP contribution in [0.2, 0.25) is 0 Å². The van der Waals surface area contributed by atoms with Gasteiger partial charge in [-0.2, -0.15) is 0 Å². The van der Waals surface area contributed by atoms with Crippen molar-refractivity contribution in [2.45, 2.75) is 6.54 Å². The molecule has 0 aliphatic carbocycles. The van der Waals surface area contributed by atoms with E-state index in [2.05, 4.69) is 57.3 Å². The summed E-state index contributed by atoms with van der Waals surface area (Å²) in [5, 5.41) is 3.45. The van der Waals surface area contributed by atoms with Gasteiger partial charge in [-0.15, -0.1) is 0 Å². The smallest absolute Gasteiger partial charge is 0.100 e. The lowest BCUT2D eigenvalue weighted by molar-refractivity contribution is 1.07. The van der Waals surface area contributed by atoms with E-state index in [0.717, 1.165) is 29.0 Å². The number of hydrogen-bond donors (Lipinski definition) is 1. The Bertz CT molecular complexity index is 926. The average molecular weight is 299 g/mol. The van der Waals surface area contributed by atoms with Gasteiger partial charge in [-0.1, -0.05) is 42.5 Å². The first kappa shape index (κ1) is 13.6. The first-order valence-corrected chi connectivity index (χ1v) is 7.70. The summed E-state index contributed by atoms with van der Waals surface area (Å²) in [7, 11) is 0. The lowest BCUT2D eigenvalue weighted by atomic mass is 10.2. The van der Waals surface area contributed by atoms with Crippen molar-refractivity contribution in [3.63, 3.8) is 0 Å². The molecule has 0 unspecified atom stereocenters. The number of nitrogens with zero attached hydrogens (tertiary/aromatic N) is 2. The van der Waals surface area contributed by atoms with Crippen molar-refractivity contribution in [2.24, 2.45) is 0 Å². The third kappa shape index (κ3) is 2.81. The van der Waals surface area contributed by atoms with E-state index in [-0.39, 0.29) is 0 Å². The molecule has 0 amide bonds. The highest BCUT2D eigenvalue weighted by molar-refractivity contribution is 5.77. The molecule has 112 valence electrons. The van der Waals surface area contributed by atoms with Crippen molar-refractivity contribution in [1.29, 1.82) is 0 Å². The highest BCUT2D eigenvalue weighted by Crippen LogP contribution is 2.19. The summed E-state index contributed by atoms with van der Waals surface area (Å²) in [6.07, 6.45) is 1.88. The molecule has 0 saturated heterocycles. The number of nitrogens with one attached hydrogen (secondary N) is 1. The van der Waals surface area contributed by atoms with E-state index >= 15 is 0 Å². The minimum Gasteiger partial charge on any atom is -0.381 e. The Balaban J connectivity index is 1.61. The molecule has 0 fully saturated rings. The fourth-order valence-electron chi connectivity index (χ4n) is 2.74. The molecule has 3 nitrogen and oxygen atoms in total. The number of benzene rings is 3. The maximum atomic E-state index is 4.47. The Kier molecular flexibility index (Phi) is 3.53. The topological polar surface area (TPSA) is 29.9 Å². The van der Waals surface area contributed by atoms with Gasteiger partial charge in [0.2, 0.25) is 0 Å². The van der Waals surface area contributed by atoms with Gasteiger partial charge < -0.3 is 5.32 Å². The Labute approximate surface area is 135 Å². The monoisotopic (exact) mass is 299 g/mol. The SMILES string of the molecule is c1ccc(NCc2cccc(-n3cnc4ccccc43)c2)cc1. The number of imidazole rings is 1. The van der Waals surface area contributed by atoms with Crippen molar-refractivity contribution in [3.8, 4) is 5.69 Å².